The molecule has 0 bridgehead atoms. The highest BCUT2D eigenvalue weighted by atomic mass is 16.6. The van der Waals surface area contributed by atoms with Crippen molar-refractivity contribution in [2.75, 3.05) is 13.2 Å². The molecule has 0 unspecified atom stereocenters. The lowest BCUT2D eigenvalue weighted by Crippen LogP contribution is -2.41. The number of hydrogen-bond acceptors (Lipinski definition) is 5. The second kappa shape index (κ2) is 11.0. The summed E-state index contributed by atoms with van der Waals surface area (Å²) in [6.07, 6.45) is 8.90. The molecule has 0 saturated carbocycles. The second-order valence-corrected chi connectivity index (χ2v) is 5.64. The third-order valence-corrected chi connectivity index (χ3v) is 3.79. The van der Waals surface area contributed by atoms with Crippen molar-refractivity contribution in [2.45, 2.75) is 76.3 Å². The van der Waals surface area contributed by atoms with Gasteiger partial charge in [-0.3, -0.25) is 0 Å². The van der Waals surface area contributed by atoms with Gasteiger partial charge in [0.2, 0.25) is 0 Å². The molecule has 0 aromatic heterocycles. The van der Waals surface area contributed by atoms with Crippen LogP contribution in [0, 0.1) is 0 Å². The van der Waals surface area contributed by atoms with Crippen LogP contribution in [0.15, 0.2) is 12.3 Å². The summed E-state index contributed by atoms with van der Waals surface area (Å²) in [5.74, 6) is 0. The molecule has 4 atom stereocenters. The van der Waals surface area contributed by atoms with Gasteiger partial charge in [-0.2, -0.15) is 0 Å². The average Bonchev–Trinajstić information content (AvgIpc) is 2.86. The first kappa shape index (κ1) is 18.4. The number of unbranched alkanes of at least 4 members (excludes halogenated alkanes) is 6. The molecule has 1 heterocycles. The van der Waals surface area contributed by atoms with E-state index in [4.69, 9.17) is 14.6 Å². The van der Waals surface area contributed by atoms with E-state index in [9.17, 15) is 10.2 Å². The van der Waals surface area contributed by atoms with Crippen molar-refractivity contribution in [1.82, 2.24) is 0 Å². The van der Waals surface area contributed by atoms with Gasteiger partial charge in [0.05, 0.1) is 19.5 Å². The first-order valence-corrected chi connectivity index (χ1v) is 8.09. The number of aliphatic hydroxyl groups excluding tert-OH is 3. The monoisotopic (exact) mass is 302 g/mol. The third kappa shape index (κ3) is 6.78. The Morgan fingerprint density at radius 3 is 2.67 bits per heavy atom. The molecule has 5 heteroatoms. The zero-order valence-corrected chi connectivity index (χ0v) is 13.0. The summed E-state index contributed by atoms with van der Waals surface area (Å²) < 4.78 is 10.7. The number of rotatable bonds is 11. The largest absolute Gasteiger partial charge is 0.493 e. The van der Waals surface area contributed by atoms with Gasteiger partial charge in [-0.15, -0.1) is 0 Å². The van der Waals surface area contributed by atoms with Crippen LogP contribution >= 0.6 is 0 Å². The van der Waals surface area contributed by atoms with Gasteiger partial charge < -0.3 is 24.8 Å². The van der Waals surface area contributed by atoms with Crippen LogP contribution in [0.5, 0.6) is 0 Å². The molecular weight excluding hydrogens is 272 g/mol. The van der Waals surface area contributed by atoms with E-state index >= 15 is 0 Å². The van der Waals surface area contributed by atoms with Crippen LogP contribution in [0.1, 0.15) is 51.9 Å². The summed E-state index contributed by atoms with van der Waals surface area (Å²) in [5.41, 5.74) is 0. The molecule has 5 nitrogen and oxygen atoms in total. The van der Waals surface area contributed by atoms with Crippen molar-refractivity contribution in [2.24, 2.45) is 0 Å². The maximum absolute atomic E-state index is 9.75. The first-order chi connectivity index (χ1) is 10.2. The van der Waals surface area contributed by atoms with E-state index in [0.717, 1.165) is 12.8 Å². The smallest absolute Gasteiger partial charge is 0.154 e. The van der Waals surface area contributed by atoms with E-state index in [2.05, 4.69) is 6.92 Å². The molecular formula is C16H30O5. The van der Waals surface area contributed by atoms with Crippen molar-refractivity contribution >= 4 is 0 Å². The van der Waals surface area contributed by atoms with E-state index in [-0.39, 0.29) is 6.61 Å². The fourth-order valence-electron chi connectivity index (χ4n) is 2.48. The van der Waals surface area contributed by atoms with Gasteiger partial charge in [0.1, 0.15) is 18.3 Å². The molecule has 21 heavy (non-hydrogen) atoms. The zero-order chi connectivity index (χ0) is 15.5. The van der Waals surface area contributed by atoms with Crippen LogP contribution in [-0.4, -0.2) is 52.9 Å². The molecule has 124 valence electrons. The zero-order valence-electron chi connectivity index (χ0n) is 13.0. The van der Waals surface area contributed by atoms with E-state index in [1.54, 1.807) is 6.26 Å². The highest BCUT2D eigenvalue weighted by Crippen LogP contribution is 2.21. The Balaban J connectivity index is 2.16. The Bertz CT molecular complexity index is 282. The van der Waals surface area contributed by atoms with Crippen molar-refractivity contribution in [1.29, 1.82) is 0 Å². The van der Waals surface area contributed by atoms with E-state index in [0.29, 0.717) is 0 Å². The van der Waals surface area contributed by atoms with Crippen LogP contribution in [0.25, 0.3) is 0 Å². The molecule has 3 N–H and O–H groups in total. The first-order valence-electron chi connectivity index (χ1n) is 8.09. The molecule has 0 aliphatic carbocycles. The van der Waals surface area contributed by atoms with E-state index in [1.165, 1.54) is 32.1 Å². The number of ether oxygens (including phenoxy) is 2. The fraction of sp³-hybridized carbons (Fsp3) is 0.875. The van der Waals surface area contributed by atoms with Crippen LogP contribution in [0.4, 0.5) is 0 Å². The van der Waals surface area contributed by atoms with Crippen molar-refractivity contribution in [3.8, 4) is 0 Å². The molecule has 0 aromatic rings. The standard InChI is InChI=1S/C16H30O5/c1-2-3-4-5-6-7-8-9-10-20-16-14(19)12-21-15(16)13(18)11-17/h9-10,13-19H,2-8,11-12H2,1H3/b10-9+/t13-,14+,15+,16+/m0/s1. The molecule has 1 saturated heterocycles. The van der Waals surface area contributed by atoms with E-state index < -0.39 is 31.0 Å². The number of hydrogen-bond donors (Lipinski definition) is 3. The van der Waals surface area contributed by atoms with Gasteiger partial charge >= 0.3 is 0 Å². The minimum Gasteiger partial charge on any atom is -0.493 e. The SMILES string of the molecule is CCCCCCCC/C=C/O[C@H]1[C@@H]([C@@H](O)CO)OC[C@H]1O. The highest BCUT2D eigenvalue weighted by Gasteiger charge is 2.41. The second-order valence-electron chi connectivity index (χ2n) is 5.64. The average molecular weight is 302 g/mol. The summed E-state index contributed by atoms with van der Waals surface area (Å²) in [5, 5.41) is 28.3. The molecule has 0 amide bonds. The highest BCUT2D eigenvalue weighted by molar-refractivity contribution is 4.91. The van der Waals surface area contributed by atoms with Gasteiger partial charge in [-0.25, -0.2) is 0 Å². The van der Waals surface area contributed by atoms with Gasteiger partial charge in [-0.05, 0) is 18.9 Å². The summed E-state index contributed by atoms with van der Waals surface area (Å²) in [6, 6.07) is 0. The number of aliphatic hydroxyl groups is 3. The van der Waals surface area contributed by atoms with Crippen molar-refractivity contribution in [3.05, 3.63) is 12.3 Å². The van der Waals surface area contributed by atoms with Crippen LogP contribution in [-0.2, 0) is 9.47 Å². The molecule has 1 aliphatic heterocycles. The molecule has 0 radical (unpaired) electrons. The maximum atomic E-state index is 9.75. The van der Waals surface area contributed by atoms with Gasteiger partial charge in [0.15, 0.2) is 6.10 Å². The summed E-state index contributed by atoms with van der Waals surface area (Å²) in [4.78, 5) is 0. The lowest BCUT2D eigenvalue weighted by molar-refractivity contribution is -0.0721. The summed E-state index contributed by atoms with van der Waals surface area (Å²) >= 11 is 0. The molecule has 1 aliphatic rings. The quantitative estimate of drug-likeness (QED) is 0.400. The Hall–Kier alpha value is -0.620. The lowest BCUT2D eigenvalue weighted by Gasteiger charge is -2.22. The Morgan fingerprint density at radius 2 is 1.95 bits per heavy atom. The minimum atomic E-state index is -1.03. The van der Waals surface area contributed by atoms with E-state index in [1.807, 2.05) is 6.08 Å². The van der Waals surface area contributed by atoms with Crippen LogP contribution < -0.4 is 0 Å². The third-order valence-electron chi connectivity index (χ3n) is 3.79. The summed E-state index contributed by atoms with van der Waals surface area (Å²) in [7, 11) is 0. The lowest BCUT2D eigenvalue weighted by atomic mass is 10.1. The minimum absolute atomic E-state index is 0.123. The van der Waals surface area contributed by atoms with Crippen molar-refractivity contribution < 1.29 is 24.8 Å². The summed E-state index contributed by atoms with van der Waals surface area (Å²) in [6.45, 7) is 1.93. The number of allylic oxidation sites excluding steroid dienone is 1. The van der Waals surface area contributed by atoms with Gasteiger partial charge in [-0.1, -0.05) is 39.0 Å². The Labute approximate surface area is 127 Å². The van der Waals surface area contributed by atoms with Gasteiger partial charge in [0, 0.05) is 0 Å². The molecule has 0 spiro atoms. The van der Waals surface area contributed by atoms with Gasteiger partial charge in [0.25, 0.3) is 0 Å². The van der Waals surface area contributed by atoms with Crippen molar-refractivity contribution in [3.63, 3.8) is 0 Å². The maximum Gasteiger partial charge on any atom is 0.154 e. The fourth-order valence-corrected chi connectivity index (χ4v) is 2.48. The molecule has 1 fully saturated rings. The van der Waals surface area contributed by atoms with Crippen LogP contribution in [0.2, 0.25) is 0 Å². The normalized spacial score (nSPS) is 27.3. The topological polar surface area (TPSA) is 79.2 Å². The predicted molar refractivity (Wildman–Crippen MR) is 80.8 cm³/mol. The Morgan fingerprint density at radius 1 is 1.24 bits per heavy atom. The Kier molecular flexibility index (Phi) is 9.67. The van der Waals surface area contributed by atoms with Crippen LogP contribution in [0.3, 0.4) is 0 Å². The molecule has 1 rings (SSSR count). The molecule has 0 aromatic carbocycles. The predicted octanol–water partition coefficient (Wildman–Crippen LogP) is 1.75.